The van der Waals surface area contributed by atoms with E-state index in [1.54, 1.807) is 20.8 Å². The Hall–Kier alpha value is -1.63. The molecule has 1 heterocycles. The molecule has 0 aromatic carbocycles. The van der Waals surface area contributed by atoms with E-state index in [-0.39, 0.29) is 15.8 Å². The van der Waals surface area contributed by atoms with Crippen molar-refractivity contribution in [1.29, 1.82) is 0 Å². The summed E-state index contributed by atoms with van der Waals surface area (Å²) in [6.07, 6.45) is 0. The van der Waals surface area contributed by atoms with Gasteiger partial charge in [0.05, 0.1) is 14.2 Å². The molecule has 0 spiro atoms. The predicted octanol–water partition coefficient (Wildman–Crippen LogP) is 1.89. The summed E-state index contributed by atoms with van der Waals surface area (Å²) in [5.74, 6) is -1.25. The second kappa shape index (κ2) is 5.34. The molecule has 1 aromatic rings. The molecule has 0 radical (unpaired) electrons. The fourth-order valence-corrected chi connectivity index (χ4v) is 1.83. The number of rotatable bonds is 3. The molecule has 1 aromatic heterocycles. The third-order valence-electron chi connectivity index (χ3n) is 1.73. The van der Waals surface area contributed by atoms with Crippen LogP contribution < -0.4 is 4.74 Å². The number of methoxy groups -OCH3 is 2. The third-order valence-corrected chi connectivity index (χ3v) is 2.73. The maximum absolute atomic E-state index is 11.8. The van der Waals surface area contributed by atoms with Gasteiger partial charge < -0.3 is 14.2 Å². The van der Waals surface area contributed by atoms with Gasteiger partial charge in [0, 0.05) is 0 Å². The fraction of sp³-hybridized carbons (Fsp3) is 0.545. The van der Waals surface area contributed by atoms with Gasteiger partial charge in [-0.3, -0.25) is 0 Å². The van der Waals surface area contributed by atoms with E-state index in [1.165, 1.54) is 14.2 Å². The minimum absolute atomic E-state index is 0.0224. The Labute approximate surface area is 109 Å². The van der Waals surface area contributed by atoms with E-state index in [9.17, 15) is 9.59 Å². The van der Waals surface area contributed by atoms with E-state index >= 15 is 0 Å². The molecule has 7 heteroatoms. The standard InChI is InChI=1S/C11H15NO5S/c1-11(2,3)17-9(14)7-12-6(8(13)15-4)10(16-5)18-7/h1-5H3. The van der Waals surface area contributed by atoms with Crippen LogP contribution in [-0.2, 0) is 9.47 Å². The normalized spacial score (nSPS) is 10.9. The lowest BCUT2D eigenvalue weighted by Gasteiger charge is -2.18. The smallest absolute Gasteiger partial charge is 0.368 e. The van der Waals surface area contributed by atoms with Gasteiger partial charge in [-0.05, 0) is 20.8 Å². The summed E-state index contributed by atoms with van der Waals surface area (Å²) in [7, 11) is 2.62. The Morgan fingerprint density at radius 1 is 1.17 bits per heavy atom. The molecule has 0 aliphatic carbocycles. The Balaban J connectivity index is 3.02. The summed E-state index contributed by atoms with van der Waals surface area (Å²) >= 11 is 0.943. The molecule has 18 heavy (non-hydrogen) atoms. The van der Waals surface area contributed by atoms with Crippen LogP contribution in [0.2, 0.25) is 0 Å². The van der Waals surface area contributed by atoms with Crippen molar-refractivity contribution in [3.8, 4) is 5.06 Å². The van der Waals surface area contributed by atoms with Crippen LogP contribution in [0.15, 0.2) is 0 Å². The molecule has 0 fully saturated rings. The van der Waals surface area contributed by atoms with E-state index in [1.807, 2.05) is 0 Å². The van der Waals surface area contributed by atoms with E-state index in [0.29, 0.717) is 0 Å². The zero-order valence-corrected chi connectivity index (χ0v) is 11.7. The highest BCUT2D eigenvalue weighted by molar-refractivity contribution is 7.15. The molecule has 0 bridgehead atoms. The Morgan fingerprint density at radius 3 is 2.22 bits per heavy atom. The first-order chi connectivity index (χ1) is 8.28. The summed E-state index contributed by atoms with van der Waals surface area (Å²) < 4.78 is 14.7. The van der Waals surface area contributed by atoms with E-state index in [4.69, 9.17) is 9.47 Å². The minimum Gasteiger partial charge on any atom is -0.485 e. The number of hydrogen-bond acceptors (Lipinski definition) is 7. The molecule has 6 nitrogen and oxygen atoms in total. The first kappa shape index (κ1) is 14.4. The summed E-state index contributed by atoms with van der Waals surface area (Å²) in [6.45, 7) is 5.24. The van der Waals surface area contributed by atoms with Gasteiger partial charge in [-0.15, -0.1) is 0 Å². The first-order valence-corrected chi connectivity index (χ1v) is 5.96. The van der Waals surface area contributed by atoms with Crippen molar-refractivity contribution in [2.75, 3.05) is 14.2 Å². The van der Waals surface area contributed by atoms with Gasteiger partial charge in [0.2, 0.25) is 15.8 Å². The number of hydrogen-bond donors (Lipinski definition) is 0. The number of thiazole rings is 1. The topological polar surface area (TPSA) is 74.7 Å². The van der Waals surface area contributed by atoms with Gasteiger partial charge in [-0.25, -0.2) is 14.6 Å². The second-order valence-corrected chi connectivity index (χ2v) is 5.31. The van der Waals surface area contributed by atoms with Gasteiger partial charge in [0.1, 0.15) is 5.60 Å². The Bertz CT molecular complexity index is 460. The number of aromatic nitrogens is 1. The Morgan fingerprint density at radius 2 is 1.78 bits per heavy atom. The SMILES string of the molecule is COC(=O)c1nc(C(=O)OC(C)(C)C)sc1OC. The van der Waals surface area contributed by atoms with Crippen LogP contribution in [0.25, 0.3) is 0 Å². The largest absolute Gasteiger partial charge is 0.485 e. The lowest BCUT2D eigenvalue weighted by Crippen LogP contribution is -2.23. The zero-order valence-electron chi connectivity index (χ0n) is 10.9. The Kier molecular flexibility index (Phi) is 4.28. The molecule has 0 N–H and O–H groups in total. The highest BCUT2D eigenvalue weighted by Gasteiger charge is 2.26. The maximum Gasteiger partial charge on any atom is 0.368 e. The van der Waals surface area contributed by atoms with Gasteiger partial charge >= 0.3 is 11.9 Å². The van der Waals surface area contributed by atoms with Crippen LogP contribution in [0.3, 0.4) is 0 Å². The van der Waals surface area contributed by atoms with Gasteiger partial charge in [-0.1, -0.05) is 11.3 Å². The molecule has 0 atom stereocenters. The quantitative estimate of drug-likeness (QED) is 0.783. The maximum atomic E-state index is 11.8. The van der Waals surface area contributed by atoms with Crippen LogP contribution in [0.1, 0.15) is 41.1 Å². The van der Waals surface area contributed by atoms with Crippen molar-refractivity contribution in [2.45, 2.75) is 26.4 Å². The van der Waals surface area contributed by atoms with Crippen LogP contribution >= 0.6 is 11.3 Å². The number of carbonyl (C=O) groups is 2. The third kappa shape index (κ3) is 3.43. The molecule has 0 amide bonds. The lowest BCUT2D eigenvalue weighted by atomic mass is 10.2. The fourth-order valence-electron chi connectivity index (χ4n) is 1.08. The summed E-state index contributed by atoms with van der Waals surface area (Å²) in [6, 6.07) is 0. The molecule has 1 rings (SSSR count). The first-order valence-electron chi connectivity index (χ1n) is 5.15. The molecule has 0 unspecified atom stereocenters. The number of carbonyl (C=O) groups excluding carboxylic acids is 2. The van der Waals surface area contributed by atoms with E-state index < -0.39 is 17.5 Å². The average molecular weight is 273 g/mol. The summed E-state index contributed by atoms with van der Waals surface area (Å²) in [5.41, 5.74) is -0.646. The van der Waals surface area contributed by atoms with E-state index in [2.05, 4.69) is 9.72 Å². The minimum atomic E-state index is -0.655. The molecule has 0 aliphatic rings. The van der Waals surface area contributed by atoms with Crippen LogP contribution in [0.5, 0.6) is 5.06 Å². The van der Waals surface area contributed by atoms with Crippen molar-refractivity contribution < 1.29 is 23.8 Å². The average Bonchev–Trinajstić information content (AvgIpc) is 2.69. The molecule has 0 saturated heterocycles. The molecule has 100 valence electrons. The van der Waals surface area contributed by atoms with Crippen molar-refractivity contribution in [3.05, 3.63) is 10.7 Å². The monoisotopic (exact) mass is 273 g/mol. The zero-order chi connectivity index (χ0) is 13.9. The van der Waals surface area contributed by atoms with E-state index in [0.717, 1.165) is 11.3 Å². The highest BCUT2D eigenvalue weighted by atomic mass is 32.1. The molecule has 0 saturated carbocycles. The molecular formula is C11H15NO5S. The lowest BCUT2D eigenvalue weighted by molar-refractivity contribution is 0.00691. The summed E-state index contributed by atoms with van der Waals surface area (Å²) in [4.78, 5) is 27.1. The van der Waals surface area contributed by atoms with Gasteiger partial charge in [0.15, 0.2) is 0 Å². The molecule has 0 aliphatic heterocycles. The van der Waals surface area contributed by atoms with Gasteiger partial charge in [-0.2, -0.15) is 0 Å². The number of ether oxygens (including phenoxy) is 3. The van der Waals surface area contributed by atoms with Crippen LogP contribution in [0, 0.1) is 0 Å². The second-order valence-electron chi connectivity index (χ2n) is 4.35. The van der Waals surface area contributed by atoms with Crippen molar-refractivity contribution in [2.24, 2.45) is 0 Å². The number of nitrogens with zero attached hydrogens (tertiary/aromatic N) is 1. The summed E-state index contributed by atoms with van der Waals surface area (Å²) in [5, 5.41) is 0.282. The van der Waals surface area contributed by atoms with Crippen molar-refractivity contribution in [3.63, 3.8) is 0 Å². The molecular weight excluding hydrogens is 258 g/mol. The van der Waals surface area contributed by atoms with Crippen LogP contribution in [0.4, 0.5) is 0 Å². The van der Waals surface area contributed by atoms with Crippen molar-refractivity contribution in [1.82, 2.24) is 4.98 Å². The van der Waals surface area contributed by atoms with Crippen LogP contribution in [-0.4, -0.2) is 36.7 Å². The van der Waals surface area contributed by atoms with Crippen molar-refractivity contribution >= 4 is 23.3 Å². The highest BCUT2D eigenvalue weighted by Crippen LogP contribution is 2.28. The predicted molar refractivity (Wildman–Crippen MR) is 65.2 cm³/mol. The van der Waals surface area contributed by atoms with Gasteiger partial charge in [0.25, 0.3) is 0 Å². The number of esters is 2.